The first-order chi connectivity index (χ1) is 14.4. The van der Waals surface area contributed by atoms with Gasteiger partial charge in [-0.05, 0) is 49.6 Å². The summed E-state index contributed by atoms with van der Waals surface area (Å²) in [5.74, 6) is -1.46. The van der Waals surface area contributed by atoms with Crippen LogP contribution in [0.3, 0.4) is 0 Å². The van der Waals surface area contributed by atoms with Gasteiger partial charge in [0.15, 0.2) is 12.7 Å². The van der Waals surface area contributed by atoms with Gasteiger partial charge in [-0.15, -0.1) is 0 Å². The number of halogens is 1. The molecule has 1 N–H and O–H groups in total. The van der Waals surface area contributed by atoms with Crippen molar-refractivity contribution in [2.45, 2.75) is 32.9 Å². The maximum absolute atomic E-state index is 13.1. The number of nitrogens with zero attached hydrogens (tertiary/aromatic N) is 1. The minimum atomic E-state index is -1.43. The second kappa shape index (κ2) is 9.50. The van der Waals surface area contributed by atoms with E-state index < -0.39 is 18.7 Å². The smallest absolute Gasteiger partial charge is 0.340 e. The molecule has 0 aliphatic heterocycles. The van der Waals surface area contributed by atoms with E-state index in [1.54, 1.807) is 48.5 Å². The third kappa shape index (κ3) is 5.02. The Kier molecular flexibility index (Phi) is 6.79. The molecule has 5 nitrogen and oxygen atoms in total. The number of benzene rings is 2. The lowest BCUT2D eigenvalue weighted by Gasteiger charge is -2.11. The van der Waals surface area contributed by atoms with Gasteiger partial charge in [-0.1, -0.05) is 42.5 Å². The fraction of sp³-hybridized carbons (Fsp3) is 0.250. The summed E-state index contributed by atoms with van der Waals surface area (Å²) in [7, 11) is 0. The van der Waals surface area contributed by atoms with Crippen LogP contribution in [-0.4, -0.2) is 28.0 Å². The Labute approximate surface area is 174 Å². The number of hydrogen-bond donors (Lipinski definition) is 1. The molecule has 1 heterocycles. The zero-order valence-corrected chi connectivity index (χ0v) is 17.0. The quantitative estimate of drug-likeness (QED) is 0.452. The van der Waals surface area contributed by atoms with Gasteiger partial charge in [0, 0.05) is 23.5 Å². The monoisotopic (exact) mass is 409 g/mol. The number of carbonyl (C=O) groups is 2. The Morgan fingerprint density at radius 1 is 1.07 bits per heavy atom. The molecule has 0 spiro atoms. The van der Waals surface area contributed by atoms with Crippen LogP contribution in [-0.2, 0) is 22.5 Å². The van der Waals surface area contributed by atoms with E-state index in [9.17, 15) is 19.1 Å². The Morgan fingerprint density at radius 3 is 2.40 bits per heavy atom. The average molecular weight is 409 g/mol. The molecule has 1 atom stereocenters. The first-order valence-electron chi connectivity index (χ1n) is 9.71. The molecule has 1 aromatic heterocycles. The summed E-state index contributed by atoms with van der Waals surface area (Å²) in [5.41, 5.74) is 3.58. The van der Waals surface area contributed by atoms with Gasteiger partial charge in [0.05, 0.1) is 0 Å². The van der Waals surface area contributed by atoms with Gasteiger partial charge in [-0.2, -0.15) is 0 Å². The number of rotatable bonds is 8. The second-order valence-corrected chi connectivity index (χ2v) is 7.16. The van der Waals surface area contributed by atoms with Crippen molar-refractivity contribution in [2.24, 2.45) is 0 Å². The molecule has 0 amide bonds. The third-order valence-electron chi connectivity index (χ3n) is 5.10. The highest BCUT2D eigenvalue weighted by molar-refractivity contribution is 5.99. The first-order valence-corrected chi connectivity index (χ1v) is 9.71. The number of aryl methyl sites for hydroxylation is 2. The molecule has 0 aliphatic carbocycles. The summed E-state index contributed by atoms with van der Waals surface area (Å²) in [6.07, 6.45) is -0.732. The SMILES string of the molecule is Cc1cc(C(=O)COC(=O)[C@@H](O)c2ccccc2)c(C)n1CCc1ccc(F)cc1. The molecule has 0 bridgehead atoms. The Hall–Kier alpha value is -3.25. The van der Waals surface area contributed by atoms with Crippen LogP contribution >= 0.6 is 0 Å². The normalized spacial score (nSPS) is 11.9. The van der Waals surface area contributed by atoms with E-state index in [1.165, 1.54) is 12.1 Å². The molecule has 2 aromatic carbocycles. The Balaban J connectivity index is 1.61. The highest BCUT2D eigenvalue weighted by Crippen LogP contribution is 2.18. The highest BCUT2D eigenvalue weighted by atomic mass is 19.1. The van der Waals surface area contributed by atoms with Crippen molar-refractivity contribution >= 4 is 11.8 Å². The van der Waals surface area contributed by atoms with Crippen molar-refractivity contribution < 1.29 is 23.8 Å². The Morgan fingerprint density at radius 2 is 1.73 bits per heavy atom. The zero-order chi connectivity index (χ0) is 21.7. The van der Waals surface area contributed by atoms with Crippen molar-refractivity contribution in [3.05, 3.63) is 94.6 Å². The molecule has 0 saturated carbocycles. The van der Waals surface area contributed by atoms with Crippen LogP contribution in [0.5, 0.6) is 0 Å². The van der Waals surface area contributed by atoms with Gasteiger partial charge in [0.1, 0.15) is 5.82 Å². The molecular formula is C24H24FNO4. The number of aliphatic hydroxyl groups is 1. The van der Waals surface area contributed by atoms with Gasteiger partial charge in [-0.3, -0.25) is 4.79 Å². The van der Waals surface area contributed by atoms with Crippen LogP contribution in [0, 0.1) is 19.7 Å². The first kappa shape index (κ1) is 21.5. The number of aromatic nitrogens is 1. The van der Waals surface area contributed by atoms with Crippen molar-refractivity contribution in [3.8, 4) is 0 Å². The molecule has 30 heavy (non-hydrogen) atoms. The number of ketones is 1. The van der Waals surface area contributed by atoms with Crippen LogP contribution in [0.1, 0.15) is 39.0 Å². The highest BCUT2D eigenvalue weighted by Gasteiger charge is 2.22. The summed E-state index contributed by atoms with van der Waals surface area (Å²) in [6.45, 7) is 3.94. The standard InChI is InChI=1S/C24H24FNO4/c1-16-14-21(17(2)26(16)13-12-18-8-10-20(25)11-9-18)22(27)15-30-24(29)23(28)19-6-4-3-5-7-19/h3-11,14,23,28H,12-13,15H2,1-2H3/t23-/m0/s1. The minimum absolute atomic E-state index is 0.271. The minimum Gasteiger partial charge on any atom is -0.455 e. The number of carbonyl (C=O) groups excluding carboxylic acids is 2. The molecule has 0 saturated heterocycles. The predicted molar refractivity (Wildman–Crippen MR) is 111 cm³/mol. The van der Waals surface area contributed by atoms with Crippen molar-refractivity contribution in [2.75, 3.05) is 6.61 Å². The van der Waals surface area contributed by atoms with Crippen molar-refractivity contribution in [1.82, 2.24) is 4.57 Å². The average Bonchev–Trinajstić information content (AvgIpc) is 3.05. The second-order valence-electron chi connectivity index (χ2n) is 7.16. The maximum atomic E-state index is 13.1. The van der Waals surface area contributed by atoms with Gasteiger partial charge in [0.2, 0.25) is 5.78 Å². The molecule has 0 radical (unpaired) electrons. The molecular weight excluding hydrogens is 385 g/mol. The van der Waals surface area contributed by atoms with Gasteiger partial charge in [0.25, 0.3) is 0 Å². The largest absolute Gasteiger partial charge is 0.455 e. The maximum Gasteiger partial charge on any atom is 0.340 e. The van der Waals surface area contributed by atoms with E-state index in [2.05, 4.69) is 0 Å². The van der Waals surface area contributed by atoms with Crippen LogP contribution in [0.25, 0.3) is 0 Å². The molecule has 0 aliphatic rings. The number of Topliss-reactive ketones (excluding diaryl/α,β-unsaturated/α-hetero) is 1. The van der Waals surface area contributed by atoms with Gasteiger partial charge < -0.3 is 14.4 Å². The molecule has 0 unspecified atom stereocenters. The summed E-state index contributed by atoms with van der Waals surface area (Å²) in [5, 5.41) is 10.1. The number of esters is 1. The molecule has 3 rings (SSSR count). The summed E-state index contributed by atoms with van der Waals surface area (Å²) < 4.78 is 20.1. The third-order valence-corrected chi connectivity index (χ3v) is 5.10. The summed E-state index contributed by atoms with van der Waals surface area (Å²) in [6, 6.07) is 16.5. The Bertz CT molecular complexity index is 1030. The van der Waals surface area contributed by atoms with Crippen molar-refractivity contribution in [3.63, 3.8) is 0 Å². The topological polar surface area (TPSA) is 68.5 Å². The van der Waals surface area contributed by atoms with E-state index in [-0.39, 0.29) is 11.6 Å². The summed E-state index contributed by atoms with van der Waals surface area (Å²) in [4.78, 5) is 24.7. The van der Waals surface area contributed by atoms with Gasteiger partial charge >= 0.3 is 5.97 Å². The number of hydrogen-bond acceptors (Lipinski definition) is 4. The number of ether oxygens (including phenoxy) is 1. The van der Waals surface area contributed by atoms with Crippen LogP contribution < -0.4 is 0 Å². The van der Waals surface area contributed by atoms with Gasteiger partial charge in [-0.25, -0.2) is 9.18 Å². The fourth-order valence-corrected chi connectivity index (χ4v) is 3.38. The zero-order valence-electron chi connectivity index (χ0n) is 17.0. The number of aliphatic hydroxyl groups excluding tert-OH is 1. The van der Waals surface area contributed by atoms with Crippen LogP contribution in [0.2, 0.25) is 0 Å². The van der Waals surface area contributed by atoms with E-state index in [1.807, 2.05) is 18.4 Å². The van der Waals surface area contributed by atoms with Crippen molar-refractivity contribution in [1.29, 1.82) is 0 Å². The fourth-order valence-electron chi connectivity index (χ4n) is 3.38. The van der Waals surface area contributed by atoms with Crippen LogP contribution in [0.4, 0.5) is 4.39 Å². The van der Waals surface area contributed by atoms with E-state index in [0.717, 1.165) is 17.0 Å². The molecule has 0 fully saturated rings. The lowest BCUT2D eigenvalue weighted by atomic mass is 10.1. The summed E-state index contributed by atoms with van der Waals surface area (Å²) >= 11 is 0. The molecule has 6 heteroatoms. The van der Waals surface area contributed by atoms with E-state index >= 15 is 0 Å². The van der Waals surface area contributed by atoms with Crippen LogP contribution in [0.15, 0.2) is 60.7 Å². The predicted octanol–water partition coefficient (Wildman–Crippen LogP) is 3.95. The lowest BCUT2D eigenvalue weighted by Crippen LogP contribution is -2.20. The molecule has 156 valence electrons. The van der Waals surface area contributed by atoms with E-state index in [0.29, 0.717) is 24.1 Å². The lowest BCUT2D eigenvalue weighted by molar-refractivity contribution is -0.152. The molecule has 3 aromatic rings. The van der Waals surface area contributed by atoms with E-state index in [4.69, 9.17) is 4.74 Å².